The zero-order chi connectivity index (χ0) is 24.0. The topological polar surface area (TPSA) is 76.2 Å². The normalized spacial score (nSPS) is 16.0. The van der Waals surface area contributed by atoms with Crippen molar-refractivity contribution in [1.82, 2.24) is 25.0 Å². The molecule has 1 atom stereocenters. The van der Waals surface area contributed by atoms with Gasteiger partial charge in [0.1, 0.15) is 5.76 Å². The quantitative estimate of drug-likeness (QED) is 0.353. The number of hydrogen-bond donors (Lipinski definition) is 1. The molecule has 35 heavy (non-hydrogen) atoms. The number of amides is 1. The Morgan fingerprint density at radius 3 is 2.77 bits per heavy atom. The first-order chi connectivity index (χ1) is 17.1. The highest BCUT2D eigenvalue weighted by atomic mass is 32.2. The molecule has 5 rings (SSSR count). The molecule has 0 aliphatic carbocycles. The zero-order valence-electron chi connectivity index (χ0n) is 19.8. The number of nitrogens with one attached hydrogen (secondary N) is 1. The number of likely N-dealkylation sites (tertiary alicyclic amines) is 1. The Bertz CT molecular complexity index is 1260. The fraction of sp³-hybridized carbons (Fsp3) is 0.296. The van der Waals surface area contributed by atoms with Crippen LogP contribution >= 0.6 is 11.8 Å². The third kappa shape index (κ3) is 6.01. The minimum atomic E-state index is 0.0196. The van der Waals surface area contributed by atoms with Gasteiger partial charge in [-0.15, -0.1) is 10.2 Å². The number of nitrogens with zero attached hydrogens (tertiary/aromatic N) is 4. The second kappa shape index (κ2) is 10.9. The number of rotatable bonds is 9. The Morgan fingerprint density at radius 2 is 1.97 bits per heavy atom. The van der Waals surface area contributed by atoms with E-state index in [0.29, 0.717) is 17.5 Å². The predicted octanol–water partition coefficient (Wildman–Crippen LogP) is 4.38. The van der Waals surface area contributed by atoms with E-state index in [4.69, 9.17) is 4.42 Å². The van der Waals surface area contributed by atoms with Gasteiger partial charge in [-0.3, -0.25) is 14.3 Å². The summed E-state index contributed by atoms with van der Waals surface area (Å²) in [5, 5.41) is 12.8. The lowest BCUT2D eigenvalue weighted by Gasteiger charge is -2.16. The zero-order valence-corrected chi connectivity index (χ0v) is 20.6. The monoisotopic (exact) mass is 487 g/mol. The second-order valence-electron chi connectivity index (χ2n) is 8.90. The summed E-state index contributed by atoms with van der Waals surface area (Å²) in [6, 6.07) is 22.6. The van der Waals surface area contributed by atoms with Crippen LogP contribution in [-0.4, -0.2) is 50.5 Å². The van der Waals surface area contributed by atoms with Gasteiger partial charge in [-0.05, 0) is 37.1 Å². The van der Waals surface area contributed by atoms with Gasteiger partial charge < -0.3 is 9.73 Å². The third-order valence-corrected chi connectivity index (χ3v) is 7.07. The van der Waals surface area contributed by atoms with E-state index in [1.54, 1.807) is 6.26 Å². The summed E-state index contributed by atoms with van der Waals surface area (Å²) in [6.07, 6.45) is 2.63. The fourth-order valence-corrected chi connectivity index (χ4v) is 5.18. The Hall–Kier alpha value is -3.36. The summed E-state index contributed by atoms with van der Waals surface area (Å²) >= 11 is 1.41. The van der Waals surface area contributed by atoms with Crippen molar-refractivity contribution in [3.63, 3.8) is 0 Å². The molecule has 2 aromatic heterocycles. The van der Waals surface area contributed by atoms with Crippen molar-refractivity contribution in [2.45, 2.75) is 37.6 Å². The summed E-state index contributed by atoms with van der Waals surface area (Å²) in [6.45, 7) is 5.34. The number of hydrogen-bond acceptors (Lipinski definition) is 6. The van der Waals surface area contributed by atoms with Crippen LogP contribution in [0.1, 0.15) is 23.3 Å². The molecule has 1 saturated heterocycles. The van der Waals surface area contributed by atoms with Crippen molar-refractivity contribution in [3.05, 3.63) is 89.9 Å². The van der Waals surface area contributed by atoms with Gasteiger partial charge in [0.25, 0.3) is 0 Å². The van der Waals surface area contributed by atoms with Gasteiger partial charge in [0.2, 0.25) is 5.91 Å². The molecule has 2 aromatic carbocycles. The summed E-state index contributed by atoms with van der Waals surface area (Å²) in [4.78, 5) is 15.2. The van der Waals surface area contributed by atoms with Crippen LogP contribution in [-0.2, 0) is 17.9 Å². The molecule has 8 heteroatoms. The van der Waals surface area contributed by atoms with Crippen LogP contribution in [0.2, 0.25) is 0 Å². The molecule has 1 amide bonds. The van der Waals surface area contributed by atoms with Crippen molar-refractivity contribution < 1.29 is 9.21 Å². The number of carbonyl (C=O) groups is 1. The van der Waals surface area contributed by atoms with Crippen molar-refractivity contribution in [2.75, 3.05) is 18.8 Å². The summed E-state index contributed by atoms with van der Waals surface area (Å²) in [5.41, 5.74) is 3.45. The van der Waals surface area contributed by atoms with Crippen molar-refractivity contribution >= 4 is 17.7 Å². The maximum Gasteiger partial charge on any atom is 0.230 e. The molecule has 1 aliphatic rings. The van der Waals surface area contributed by atoms with Gasteiger partial charge in [-0.2, -0.15) is 0 Å². The molecule has 1 fully saturated rings. The average molecular weight is 488 g/mol. The predicted molar refractivity (Wildman–Crippen MR) is 137 cm³/mol. The number of aromatic nitrogens is 3. The number of aryl methyl sites for hydroxylation is 1. The largest absolute Gasteiger partial charge is 0.467 e. The van der Waals surface area contributed by atoms with E-state index in [-0.39, 0.29) is 11.9 Å². The molecule has 1 N–H and O–H groups in total. The van der Waals surface area contributed by atoms with Crippen LogP contribution in [0.25, 0.3) is 11.4 Å². The summed E-state index contributed by atoms with van der Waals surface area (Å²) in [7, 11) is 0. The number of benzene rings is 2. The molecule has 7 nitrogen and oxygen atoms in total. The van der Waals surface area contributed by atoms with Gasteiger partial charge in [0.15, 0.2) is 11.0 Å². The SMILES string of the molecule is Cc1cccc(-c2nnc(SCC(=O)N[C@H]3CCN(Cc4ccccc4)C3)n2Cc2ccco2)c1. The lowest BCUT2D eigenvalue weighted by atomic mass is 10.1. The summed E-state index contributed by atoms with van der Waals surface area (Å²) in [5.74, 6) is 1.89. The lowest BCUT2D eigenvalue weighted by molar-refractivity contribution is -0.119. The standard InChI is InChI=1S/C27H29N5O2S/c1-20-7-5-10-22(15-20)26-29-30-27(32(26)18-24-11-6-14-34-24)35-19-25(33)28-23-12-13-31(17-23)16-21-8-3-2-4-9-21/h2-11,14-15,23H,12-13,16-19H2,1H3,(H,28,33)/t23-/m0/s1. The molecule has 1 aliphatic heterocycles. The van der Waals surface area contributed by atoms with Gasteiger partial charge in [-0.25, -0.2) is 0 Å². The lowest BCUT2D eigenvalue weighted by Crippen LogP contribution is -2.38. The first-order valence-corrected chi connectivity index (χ1v) is 12.8. The van der Waals surface area contributed by atoms with Gasteiger partial charge >= 0.3 is 0 Å². The van der Waals surface area contributed by atoms with Crippen LogP contribution in [0.4, 0.5) is 0 Å². The highest BCUT2D eigenvalue weighted by Crippen LogP contribution is 2.26. The Labute approximate surface area is 209 Å². The number of thioether (sulfide) groups is 1. The molecule has 3 heterocycles. The molecule has 0 spiro atoms. The van der Waals surface area contributed by atoms with Crippen LogP contribution in [0.5, 0.6) is 0 Å². The van der Waals surface area contributed by atoms with Crippen LogP contribution in [0, 0.1) is 6.92 Å². The highest BCUT2D eigenvalue weighted by Gasteiger charge is 2.24. The Balaban J connectivity index is 1.21. The molecule has 4 aromatic rings. The molecular formula is C27H29N5O2S. The third-order valence-electron chi connectivity index (χ3n) is 6.11. The molecule has 0 bridgehead atoms. The summed E-state index contributed by atoms with van der Waals surface area (Å²) < 4.78 is 7.59. The maximum atomic E-state index is 12.8. The highest BCUT2D eigenvalue weighted by molar-refractivity contribution is 7.99. The minimum absolute atomic E-state index is 0.0196. The fourth-order valence-electron chi connectivity index (χ4n) is 4.43. The van der Waals surface area contributed by atoms with E-state index in [0.717, 1.165) is 48.8 Å². The first-order valence-electron chi connectivity index (χ1n) is 11.8. The number of carbonyl (C=O) groups excluding carboxylic acids is 1. The smallest absolute Gasteiger partial charge is 0.230 e. The van der Waals surface area contributed by atoms with E-state index >= 15 is 0 Å². The maximum absolute atomic E-state index is 12.8. The van der Waals surface area contributed by atoms with E-state index in [9.17, 15) is 4.79 Å². The van der Waals surface area contributed by atoms with Crippen LogP contribution in [0.15, 0.2) is 82.6 Å². The average Bonchev–Trinajstić information content (AvgIpc) is 3.61. The van der Waals surface area contributed by atoms with Gasteiger partial charge in [-0.1, -0.05) is 65.9 Å². The Kier molecular flexibility index (Phi) is 7.30. The van der Waals surface area contributed by atoms with E-state index in [1.807, 2.05) is 34.9 Å². The van der Waals surface area contributed by atoms with E-state index in [2.05, 4.69) is 63.7 Å². The minimum Gasteiger partial charge on any atom is -0.467 e. The number of furan rings is 1. The second-order valence-corrected chi connectivity index (χ2v) is 9.85. The molecule has 0 unspecified atom stereocenters. The van der Waals surface area contributed by atoms with Crippen molar-refractivity contribution in [2.24, 2.45) is 0 Å². The van der Waals surface area contributed by atoms with E-state index < -0.39 is 0 Å². The van der Waals surface area contributed by atoms with E-state index in [1.165, 1.54) is 17.3 Å². The molecular weight excluding hydrogens is 458 g/mol. The van der Waals surface area contributed by atoms with Crippen molar-refractivity contribution in [1.29, 1.82) is 0 Å². The van der Waals surface area contributed by atoms with Crippen LogP contribution < -0.4 is 5.32 Å². The van der Waals surface area contributed by atoms with Crippen LogP contribution in [0.3, 0.4) is 0 Å². The van der Waals surface area contributed by atoms with Gasteiger partial charge in [0, 0.05) is 31.2 Å². The first kappa shape index (κ1) is 23.4. The molecule has 180 valence electrons. The van der Waals surface area contributed by atoms with Crippen molar-refractivity contribution in [3.8, 4) is 11.4 Å². The van der Waals surface area contributed by atoms with Gasteiger partial charge in [0.05, 0.1) is 18.6 Å². The molecule has 0 radical (unpaired) electrons. The Morgan fingerprint density at radius 1 is 1.09 bits per heavy atom. The molecule has 0 saturated carbocycles.